The summed E-state index contributed by atoms with van der Waals surface area (Å²) in [5.41, 5.74) is 0.201. The van der Waals surface area contributed by atoms with Crippen molar-refractivity contribution in [3.63, 3.8) is 0 Å². The van der Waals surface area contributed by atoms with Crippen molar-refractivity contribution in [2.45, 2.75) is 6.04 Å². The van der Waals surface area contributed by atoms with E-state index in [1.807, 2.05) is 0 Å². The first-order valence-corrected chi connectivity index (χ1v) is 8.86. The van der Waals surface area contributed by atoms with Crippen molar-refractivity contribution in [3.8, 4) is 0 Å². The largest absolute Gasteiger partial charge is 0.467 e. The molecule has 1 aromatic heterocycles. The molecular weight excluding hydrogens is 359 g/mol. The average molecular weight is 376 g/mol. The normalized spacial score (nSPS) is 17.1. The molecule has 0 spiro atoms. The van der Waals surface area contributed by atoms with Gasteiger partial charge in [-0.3, -0.25) is 9.59 Å². The number of amides is 2. The van der Waals surface area contributed by atoms with Gasteiger partial charge in [0.1, 0.15) is 11.9 Å². The highest BCUT2D eigenvalue weighted by molar-refractivity contribution is 7.12. The molecule has 1 aliphatic heterocycles. The molecule has 1 unspecified atom stereocenters. The number of carbonyl (C=O) groups excluding carboxylic acids is 3. The highest BCUT2D eigenvalue weighted by atomic mass is 32.1. The van der Waals surface area contributed by atoms with Crippen LogP contribution in [0.2, 0.25) is 0 Å². The summed E-state index contributed by atoms with van der Waals surface area (Å²) in [6, 6.07) is 7.92. The number of thiophene rings is 1. The molecule has 2 amide bonds. The Bertz CT molecular complexity index is 824. The number of hydrogen-bond donors (Lipinski definition) is 0. The third kappa shape index (κ3) is 3.60. The Morgan fingerprint density at radius 3 is 2.62 bits per heavy atom. The van der Waals surface area contributed by atoms with Gasteiger partial charge >= 0.3 is 5.97 Å². The van der Waals surface area contributed by atoms with E-state index in [1.165, 1.54) is 46.4 Å². The predicted molar refractivity (Wildman–Crippen MR) is 93.5 cm³/mol. The third-order valence-electron chi connectivity index (χ3n) is 4.21. The molecule has 6 nitrogen and oxygen atoms in total. The number of rotatable bonds is 3. The second-order valence-corrected chi connectivity index (χ2v) is 6.72. The van der Waals surface area contributed by atoms with Crippen LogP contribution >= 0.6 is 11.3 Å². The fourth-order valence-corrected chi connectivity index (χ4v) is 3.57. The Balaban J connectivity index is 1.81. The van der Waals surface area contributed by atoms with Crippen molar-refractivity contribution < 1.29 is 23.5 Å². The molecule has 2 heterocycles. The second-order valence-electron chi connectivity index (χ2n) is 5.78. The zero-order valence-electron chi connectivity index (χ0n) is 14.1. The Kier molecular flexibility index (Phi) is 5.32. The Morgan fingerprint density at radius 2 is 1.96 bits per heavy atom. The van der Waals surface area contributed by atoms with E-state index in [2.05, 4.69) is 0 Å². The minimum Gasteiger partial charge on any atom is -0.467 e. The number of hydrogen-bond acceptors (Lipinski definition) is 5. The van der Waals surface area contributed by atoms with E-state index in [0.717, 1.165) is 6.07 Å². The van der Waals surface area contributed by atoms with E-state index in [0.29, 0.717) is 4.88 Å². The lowest BCUT2D eigenvalue weighted by Gasteiger charge is -2.39. The van der Waals surface area contributed by atoms with Gasteiger partial charge < -0.3 is 14.5 Å². The molecule has 3 rings (SSSR count). The minimum atomic E-state index is -0.902. The SMILES string of the molecule is COC(=O)C1CN(C(=O)c2cccc(F)c2)CCN1C(=O)c1cccs1. The second kappa shape index (κ2) is 7.65. The third-order valence-corrected chi connectivity index (χ3v) is 5.06. The van der Waals surface area contributed by atoms with Crippen molar-refractivity contribution in [2.75, 3.05) is 26.7 Å². The number of carbonyl (C=O) groups is 3. The molecule has 1 aromatic carbocycles. The maximum absolute atomic E-state index is 13.4. The van der Waals surface area contributed by atoms with Gasteiger partial charge in [0.15, 0.2) is 0 Å². The number of benzene rings is 1. The number of nitrogens with zero attached hydrogens (tertiary/aromatic N) is 2. The number of esters is 1. The zero-order chi connectivity index (χ0) is 18.7. The van der Waals surface area contributed by atoms with E-state index >= 15 is 0 Å². The molecule has 1 saturated heterocycles. The number of halogens is 1. The molecule has 1 atom stereocenters. The van der Waals surface area contributed by atoms with Crippen LogP contribution in [0.1, 0.15) is 20.0 Å². The summed E-state index contributed by atoms with van der Waals surface area (Å²) in [5, 5.41) is 1.78. The molecule has 1 fully saturated rings. The van der Waals surface area contributed by atoms with Crippen molar-refractivity contribution in [3.05, 3.63) is 58.0 Å². The fraction of sp³-hybridized carbons (Fsp3) is 0.278. The Hall–Kier alpha value is -2.74. The van der Waals surface area contributed by atoms with Crippen LogP contribution in [0.15, 0.2) is 41.8 Å². The topological polar surface area (TPSA) is 66.9 Å². The van der Waals surface area contributed by atoms with Crippen molar-refractivity contribution in [1.29, 1.82) is 0 Å². The molecule has 2 aromatic rings. The quantitative estimate of drug-likeness (QED) is 0.769. The molecule has 0 N–H and O–H groups in total. The van der Waals surface area contributed by atoms with Crippen LogP contribution in [0.3, 0.4) is 0 Å². The lowest BCUT2D eigenvalue weighted by molar-refractivity contribution is -0.147. The van der Waals surface area contributed by atoms with Gasteiger partial charge in [-0.1, -0.05) is 12.1 Å². The fourth-order valence-electron chi connectivity index (χ4n) is 2.89. The van der Waals surface area contributed by atoms with Crippen LogP contribution in [-0.4, -0.2) is 60.4 Å². The van der Waals surface area contributed by atoms with Crippen LogP contribution in [0.25, 0.3) is 0 Å². The lowest BCUT2D eigenvalue weighted by atomic mass is 10.1. The molecule has 8 heteroatoms. The van der Waals surface area contributed by atoms with Crippen LogP contribution in [0.4, 0.5) is 4.39 Å². The molecule has 0 aliphatic carbocycles. The van der Waals surface area contributed by atoms with Gasteiger partial charge in [-0.15, -0.1) is 11.3 Å². The number of ether oxygens (including phenoxy) is 1. The van der Waals surface area contributed by atoms with Gasteiger partial charge in [0.05, 0.1) is 18.5 Å². The lowest BCUT2D eigenvalue weighted by Crippen LogP contribution is -2.59. The zero-order valence-corrected chi connectivity index (χ0v) is 14.9. The van der Waals surface area contributed by atoms with Gasteiger partial charge in [-0.2, -0.15) is 0 Å². The van der Waals surface area contributed by atoms with E-state index in [1.54, 1.807) is 17.5 Å². The van der Waals surface area contributed by atoms with Gasteiger partial charge in [0.25, 0.3) is 11.8 Å². The van der Waals surface area contributed by atoms with Crippen LogP contribution in [0, 0.1) is 5.82 Å². The molecule has 0 radical (unpaired) electrons. The highest BCUT2D eigenvalue weighted by Crippen LogP contribution is 2.20. The van der Waals surface area contributed by atoms with Crippen LogP contribution in [0.5, 0.6) is 0 Å². The summed E-state index contributed by atoms with van der Waals surface area (Å²) in [5.74, 6) is -1.76. The highest BCUT2D eigenvalue weighted by Gasteiger charge is 2.38. The summed E-state index contributed by atoms with van der Waals surface area (Å²) in [6.45, 7) is 0.441. The molecule has 136 valence electrons. The van der Waals surface area contributed by atoms with Gasteiger partial charge in [-0.25, -0.2) is 9.18 Å². The predicted octanol–water partition coefficient (Wildman–Crippen LogP) is 2.03. The molecule has 0 bridgehead atoms. The van der Waals surface area contributed by atoms with Crippen molar-refractivity contribution >= 4 is 29.1 Å². The van der Waals surface area contributed by atoms with E-state index in [4.69, 9.17) is 4.74 Å². The van der Waals surface area contributed by atoms with Gasteiger partial charge in [0, 0.05) is 18.7 Å². The number of methoxy groups -OCH3 is 1. The molecule has 26 heavy (non-hydrogen) atoms. The summed E-state index contributed by atoms with van der Waals surface area (Å²) >= 11 is 1.29. The van der Waals surface area contributed by atoms with Gasteiger partial charge in [-0.05, 0) is 29.6 Å². The summed E-state index contributed by atoms with van der Waals surface area (Å²) in [6.07, 6.45) is 0. The molecule has 0 saturated carbocycles. The van der Waals surface area contributed by atoms with Crippen LogP contribution in [-0.2, 0) is 9.53 Å². The minimum absolute atomic E-state index is 0.000858. The van der Waals surface area contributed by atoms with E-state index in [-0.39, 0.29) is 37.0 Å². The Morgan fingerprint density at radius 1 is 1.15 bits per heavy atom. The number of piperazine rings is 1. The maximum atomic E-state index is 13.4. The molecular formula is C18H17FN2O4S. The Labute approximate surface area is 153 Å². The van der Waals surface area contributed by atoms with E-state index < -0.39 is 17.8 Å². The summed E-state index contributed by atoms with van der Waals surface area (Å²) in [4.78, 5) is 40.9. The first kappa shape index (κ1) is 18.1. The standard InChI is InChI=1S/C18H17FN2O4S/c1-25-18(24)14-11-20(16(22)12-4-2-5-13(19)10-12)7-8-21(14)17(23)15-6-3-9-26-15/h2-6,9-10,14H,7-8,11H2,1H3. The smallest absolute Gasteiger partial charge is 0.330 e. The van der Waals surface area contributed by atoms with Crippen LogP contribution < -0.4 is 0 Å². The van der Waals surface area contributed by atoms with Crippen molar-refractivity contribution in [1.82, 2.24) is 9.80 Å². The first-order chi connectivity index (χ1) is 12.5. The van der Waals surface area contributed by atoms with E-state index in [9.17, 15) is 18.8 Å². The summed E-state index contributed by atoms with van der Waals surface area (Å²) in [7, 11) is 1.24. The average Bonchev–Trinajstić information content (AvgIpc) is 3.20. The summed E-state index contributed by atoms with van der Waals surface area (Å²) < 4.78 is 18.2. The van der Waals surface area contributed by atoms with Crippen molar-refractivity contribution in [2.24, 2.45) is 0 Å². The molecule has 1 aliphatic rings. The van der Waals surface area contributed by atoms with Gasteiger partial charge in [0.2, 0.25) is 0 Å². The first-order valence-electron chi connectivity index (χ1n) is 7.98. The maximum Gasteiger partial charge on any atom is 0.330 e. The monoisotopic (exact) mass is 376 g/mol.